The van der Waals surface area contributed by atoms with Gasteiger partial charge in [-0.05, 0) is 83.9 Å². The van der Waals surface area contributed by atoms with Crippen molar-refractivity contribution in [1.82, 2.24) is 9.55 Å². The monoisotopic (exact) mass is 685 g/mol. The van der Waals surface area contributed by atoms with E-state index in [1.165, 1.54) is 19.2 Å². The topological polar surface area (TPSA) is 92.5 Å². The standard InChI is InChI=1S/C33H24Cl2F3N3O4S/c1-40(46(44,45)27-14-9-24(10-15-27)33(36,37)38)26-12-4-21(5-13-26)6-17-31-39-30(28-16-11-25(34)18-29(28)35)20-41(31)19-22-2-7-23(8-3-22)32(42)43/h2-18,20H,19H2,1H3,(H,42,43)/b17-6+. The summed E-state index contributed by atoms with van der Waals surface area (Å²) in [5.74, 6) is -0.457. The van der Waals surface area contributed by atoms with Gasteiger partial charge in [0.15, 0.2) is 0 Å². The zero-order valence-corrected chi connectivity index (χ0v) is 26.2. The smallest absolute Gasteiger partial charge is 0.416 e. The second-order valence-electron chi connectivity index (χ2n) is 10.2. The highest BCUT2D eigenvalue weighted by Crippen LogP contribution is 2.32. The molecule has 5 rings (SSSR count). The Morgan fingerprint density at radius 3 is 2.17 bits per heavy atom. The van der Waals surface area contributed by atoms with Crippen LogP contribution >= 0.6 is 23.2 Å². The second-order valence-corrected chi connectivity index (χ2v) is 13.0. The molecule has 0 aliphatic rings. The first-order chi connectivity index (χ1) is 21.7. The summed E-state index contributed by atoms with van der Waals surface area (Å²) in [4.78, 5) is 15.7. The molecule has 0 amide bonds. The fourth-order valence-electron chi connectivity index (χ4n) is 4.55. The van der Waals surface area contributed by atoms with Crippen molar-refractivity contribution in [1.29, 1.82) is 0 Å². The van der Waals surface area contributed by atoms with Crippen LogP contribution in [0.4, 0.5) is 18.9 Å². The molecule has 0 unspecified atom stereocenters. The summed E-state index contributed by atoms with van der Waals surface area (Å²) in [6.45, 7) is 0.378. The zero-order chi connectivity index (χ0) is 33.2. The van der Waals surface area contributed by atoms with E-state index in [0.29, 0.717) is 39.4 Å². The number of hydrogen-bond acceptors (Lipinski definition) is 4. The van der Waals surface area contributed by atoms with E-state index in [-0.39, 0.29) is 10.5 Å². The van der Waals surface area contributed by atoms with E-state index >= 15 is 0 Å². The van der Waals surface area contributed by atoms with Gasteiger partial charge in [0.2, 0.25) is 0 Å². The number of carboxylic acids is 1. The summed E-state index contributed by atoms with van der Waals surface area (Å²) in [5, 5.41) is 10.1. The summed E-state index contributed by atoms with van der Waals surface area (Å²) in [5.41, 5.74) is 2.36. The van der Waals surface area contributed by atoms with E-state index in [9.17, 15) is 31.5 Å². The number of sulfonamides is 1. The average molecular weight is 687 g/mol. The van der Waals surface area contributed by atoms with Gasteiger partial charge in [0, 0.05) is 30.4 Å². The van der Waals surface area contributed by atoms with Gasteiger partial charge in [0.1, 0.15) is 5.82 Å². The highest BCUT2D eigenvalue weighted by atomic mass is 35.5. The maximum atomic E-state index is 13.1. The van der Waals surface area contributed by atoms with Gasteiger partial charge in [-0.15, -0.1) is 0 Å². The van der Waals surface area contributed by atoms with Crippen molar-refractivity contribution in [2.24, 2.45) is 0 Å². The first-order valence-electron chi connectivity index (χ1n) is 13.5. The molecule has 4 aromatic carbocycles. The van der Waals surface area contributed by atoms with Crippen molar-refractivity contribution in [2.75, 3.05) is 11.4 Å². The van der Waals surface area contributed by atoms with E-state index < -0.39 is 27.7 Å². The number of imidazole rings is 1. The minimum absolute atomic E-state index is 0.171. The van der Waals surface area contributed by atoms with Crippen LogP contribution in [-0.2, 0) is 22.7 Å². The van der Waals surface area contributed by atoms with E-state index in [0.717, 1.165) is 39.7 Å². The molecule has 0 aliphatic carbocycles. The molecule has 236 valence electrons. The Hall–Kier alpha value is -4.58. The number of aromatic carboxylic acids is 1. The molecule has 0 atom stereocenters. The maximum Gasteiger partial charge on any atom is 0.416 e. The van der Waals surface area contributed by atoms with Crippen molar-refractivity contribution in [3.63, 3.8) is 0 Å². The molecule has 1 heterocycles. The Morgan fingerprint density at radius 2 is 1.59 bits per heavy atom. The summed E-state index contributed by atoms with van der Waals surface area (Å²) < 4.78 is 67.8. The van der Waals surface area contributed by atoms with E-state index in [1.807, 2.05) is 10.8 Å². The van der Waals surface area contributed by atoms with Crippen LogP contribution in [0.1, 0.15) is 32.9 Å². The predicted octanol–water partition coefficient (Wildman–Crippen LogP) is 8.62. The van der Waals surface area contributed by atoms with Crippen LogP contribution in [0.15, 0.2) is 102 Å². The third kappa shape index (κ3) is 7.28. The molecule has 46 heavy (non-hydrogen) atoms. The van der Waals surface area contributed by atoms with Gasteiger partial charge in [-0.25, -0.2) is 18.2 Å². The molecule has 0 saturated carbocycles. The SMILES string of the molecule is CN(c1ccc(/C=C/c2nc(-c3ccc(Cl)cc3Cl)cn2Cc2ccc(C(=O)O)cc2)cc1)S(=O)(=O)c1ccc(C(F)(F)F)cc1. The highest BCUT2D eigenvalue weighted by Gasteiger charge is 2.31. The van der Waals surface area contributed by atoms with Crippen molar-refractivity contribution < 1.29 is 31.5 Å². The van der Waals surface area contributed by atoms with Gasteiger partial charge in [-0.2, -0.15) is 13.2 Å². The van der Waals surface area contributed by atoms with Crippen LogP contribution < -0.4 is 4.31 Å². The number of carbonyl (C=O) groups is 1. The summed E-state index contributed by atoms with van der Waals surface area (Å²) in [6.07, 6.45) is 0.807. The lowest BCUT2D eigenvalue weighted by Crippen LogP contribution is -2.26. The molecule has 0 spiro atoms. The van der Waals surface area contributed by atoms with Gasteiger partial charge < -0.3 is 9.67 Å². The van der Waals surface area contributed by atoms with Crippen LogP contribution in [0.25, 0.3) is 23.4 Å². The lowest BCUT2D eigenvalue weighted by Gasteiger charge is -2.20. The number of anilines is 1. The molecule has 0 radical (unpaired) electrons. The Balaban J connectivity index is 1.40. The number of halogens is 5. The average Bonchev–Trinajstić information content (AvgIpc) is 3.41. The molecule has 0 fully saturated rings. The summed E-state index contributed by atoms with van der Waals surface area (Å²) >= 11 is 12.5. The number of alkyl halides is 3. The van der Waals surface area contributed by atoms with E-state index in [1.54, 1.807) is 66.7 Å². The maximum absolute atomic E-state index is 13.1. The number of benzene rings is 4. The molecule has 1 N–H and O–H groups in total. The van der Waals surface area contributed by atoms with Crippen molar-refractivity contribution in [3.05, 3.63) is 135 Å². The third-order valence-electron chi connectivity index (χ3n) is 7.09. The van der Waals surface area contributed by atoms with Crippen molar-refractivity contribution in [3.8, 4) is 11.3 Å². The fourth-order valence-corrected chi connectivity index (χ4v) is 6.25. The molecular formula is C33H24Cl2F3N3O4S. The third-order valence-corrected chi connectivity index (χ3v) is 9.44. The lowest BCUT2D eigenvalue weighted by molar-refractivity contribution is -0.137. The Labute approximate surface area is 272 Å². The quantitative estimate of drug-likeness (QED) is 0.168. The normalized spacial score (nSPS) is 12.0. The van der Waals surface area contributed by atoms with Gasteiger partial charge in [-0.1, -0.05) is 53.5 Å². The van der Waals surface area contributed by atoms with Crippen LogP contribution in [0.5, 0.6) is 0 Å². The number of rotatable bonds is 9. The number of carboxylic acid groups (broad SMARTS) is 1. The largest absolute Gasteiger partial charge is 0.478 e. The predicted molar refractivity (Wildman–Crippen MR) is 173 cm³/mol. The fraction of sp³-hybridized carbons (Fsp3) is 0.0909. The summed E-state index contributed by atoms with van der Waals surface area (Å²) in [7, 11) is -2.79. The molecule has 0 saturated heterocycles. The Kier molecular flexibility index (Phi) is 9.29. The van der Waals surface area contributed by atoms with Crippen molar-refractivity contribution in [2.45, 2.75) is 17.6 Å². The molecule has 0 aliphatic heterocycles. The van der Waals surface area contributed by atoms with Crippen molar-refractivity contribution >= 4 is 57.0 Å². The minimum atomic E-state index is -4.58. The van der Waals surface area contributed by atoms with Gasteiger partial charge in [0.05, 0.1) is 32.4 Å². The Morgan fingerprint density at radius 1 is 0.935 bits per heavy atom. The van der Waals surface area contributed by atoms with E-state index in [2.05, 4.69) is 0 Å². The minimum Gasteiger partial charge on any atom is -0.478 e. The number of aromatic nitrogens is 2. The van der Waals surface area contributed by atoms with Crippen LogP contribution in [0.2, 0.25) is 10.0 Å². The van der Waals surface area contributed by atoms with E-state index in [4.69, 9.17) is 28.2 Å². The number of nitrogens with zero attached hydrogens (tertiary/aromatic N) is 3. The number of hydrogen-bond donors (Lipinski definition) is 1. The molecule has 7 nitrogen and oxygen atoms in total. The molecule has 5 aromatic rings. The molecule has 13 heteroatoms. The Bertz CT molecular complexity index is 2030. The second kappa shape index (κ2) is 13.0. The molecule has 0 bridgehead atoms. The molecular weight excluding hydrogens is 662 g/mol. The zero-order valence-electron chi connectivity index (χ0n) is 23.9. The summed E-state index contributed by atoms with van der Waals surface area (Å²) in [6, 6.07) is 21.5. The lowest BCUT2D eigenvalue weighted by atomic mass is 10.1. The first-order valence-corrected chi connectivity index (χ1v) is 15.7. The van der Waals surface area contributed by atoms with Gasteiger partial charge >= 0.3 is 12.1 Å². The van der Waals surface area contributed by atoms with Gasteiger partial charge in [0.25, 0.3) is 10.0 Å². The van der Waals surface area contributed by atoms with Gasteiger partial charge in [-0.3, -0.25) is 4.31 Å². The van der Waals surface area contributed by atoms with Crippen LogP contribution in [0, 0.1) is 0 Å². The first kappa shape index (κ1) is 32.8. The van der Waals surface area contributed by atoms with Crippen LogP contribution in [-0.4, -0.2) is 36.1 Å². The molecule has 1 aromatic heterocycles. The highest BCUT2D eigenvalue weighted by molar-refractivity contribution is 7.92. The van der Waals surface area contributed by atoms with Crippen LogP contribution in [0.3, 0.4) is 0 Å².